The average Bonchev–Trinajstić information content (AvgIpc) is 2.86. The molecule has 3 rings (SSSR count). The zero-order valence-corrected chi connectivity index (χ0v) is 11.6. The summed E-state index contributed by atoms with van der Waals surface area (Å²) in [5, 5.41) is 21.0. The fourth-order valence-electron chi connectivity index (χ4n) is 2.72. The van der Waals surface area contributed by atoms with E-state index in [1.54, 1.807) is 29.5 Å². The lowest BCUT2D eigenvalue weighted by Gasteiger charge is -2.33. The quantitative estimate of drug-likeness (QED) is 0.912. The van der Waals surface area contributed by atoms with Crippen molar-refractivity contribution in [1.29, 1.82) is 0 Å². The molecule has 1 aliphatic rings. The van der Waals surface area contributed by atoms with Crippen LogP contribution in [0.1, 0.15) is 22.0 Å². The van der Waals surface area contributed by atoms with E-state index in [1.165, 1.54) is 4.88 Å². The Bertz CT molecular complexity index is 638. The fraction of sp³-hybridized carbons (Fsp3) is 0.267. The van der Waals surface area contributed by atoms with Gasteiger partial charge in [0.05, 0.1) is 0 Å². The minimum Gasteiger partial charge on any atom is -0.508 e. The van der Waals surface area contributed by atoms with Crippen molar-refractivity contribution in [2.24, 2.45) is 0 Å². The first-order chi connectivity index (χ1) is 9.65. The molecule has 0 spiro atoms. The van der Waals surface area contributed by atoms with Crippen LogP contribution in [0.15, 0.2) is 35.7 Å². The van der Waals surface area contributed by atoms with Gasteiger partial charge >= 0.3 is 5.97 Å². The van der Waals surface area contributed by atoms with E-state index >= 15 is 0 Å². The Morgan fingerprint density at radius 2 is 2.25 bits per heavy atom. The molecule has 0 bridgehead atoms. The molecule has 2 N–H and O–H groups in total. The van der Waals surface area contributed by atoms with E-state index in [1.807, 2.05) is 22.4 Å². The number of carbonyl (C=O) groups is 1. The highest BCUT2D eigenvalue weighted by atomic mass is 32.1. The highest BCUT2D eigenvalue weighted by molar-refractivity contribution is 7.10. The Labute approximate surface area is 120 Å². The summed E-state index contributed by atoms with van der Waals surface area (Å²) < 4.78 is 0. The summed E-state index contributed by atoms with van der Waals surface area (Å²) in [6.45, 7) is 1.25. The molecule has 1 aliphatic heterocycles. The Morgan fingerprint density at radius 3 is 3.00 bits per heavy atom. The fourth-order valence-corrected chi connectivity index (χ4v) is 3.62. The van der Waals surface area contributed by atoms with E-state index < -0.39 is 12.0 Å². The molecule has 1 aromatic heterocycles. The summed E-state index contributed by atoms with van der Waals surface area (Å²) >= 11 is 1.63. The Kier molecular flexibility index (Phi) is 3.46. The third-order valence-corrected chi connectivity index (χ3v) is 4.59. The van der Waals surface area contributed by atoms with Crippen molar-refractivity contribution in [3.05, 3.63) is 51.7 Å². The number of carboxylic acids is 1. The maximum absolute atomic E-state index is 11.6. The van der Waals surface area contributed by atoms with Gasteiger partial charge in [-0.05, 0) is 41.1 Å². The van der Waals surface area contributed by atoms with E-state index in [4.69, 9.17) is 0 Å². The second-order valence-electron chi connectivity index (χ2n) is 4.93. The van der Waals surface area contributed by atoms with Crippen LogP contribution in [0, 0.1) is 0 Å². The maximum atomic E-state index is 11.6. The summed E-state index contributed by atoms with van der Waals surface area (Å²) in [5.74, 6) is -0.605. The largest absolute Gasteiger partial charge is 0.508 e. The van der Waals surface area contributed by atoms with Crippen molar-refractivity contribution in [3.63, 3.8) is 0 Å². The second-order valence-corrected chi connectivity index (χ2v) is 5.93. The molecule has 0 aliphatic carbocycles. The molecule has 0 fully saturated rings. The normalized spacial score (nSPS) is 18.7. The smallest absolute Gasteiger partial charge is 0.325 e. The van der Waals surface area contributed by atoms with Gasteiger partial charge in [0.1, 0.15) is 11.8 Å². The predicted octanol–water partition coefficient (Wildman–Crippen LogP) is 2.64. The number of rotatable bonds is 3. The van der Waals surface area contributed by atoms with Crippen LogP contribution in [0.4, 0.5) is 0 Å². The first-order valence-corrected chi connectivity index (χ1v) is 7.34. The lowest BCUT2D eigenvalue weighted by Crippen LogP contribution is -2.38. The molecule has 1 aromatic carbocycles. The number of carboxylic acid groups (broad SMARTS) is 1. The van der Waals surface area contributed by atoms with Crippen molar-refractivity contribution in [3.8, 4) is 5.75 Å². The lowest BCUT2D eigenvalue weighted by atomic mass is 9.99. The Morgan fingerprint density at radius 1 is 1.40 bits per heavy atom. The zero-order chi connectivity index (χ0) is 14.1. The molecule has 1 atom stereocenters. The highest BCUT2D eigenvalue weighted by Gasteiger charge is 2.33. The topological polar surface area (TPSA) is 60.8 Å². The number of hydrogen-bond acceptors (Lipinski definition) is 4. The van der Waals surface area contributed by atoms with Crippen LogP contribution in [0.3, 0.4) is 0 Å². The molecule has 0 radical (unpaired) electrons. The number of benzene rings is 1. The molecule has 20 heavy (non-hydrogen) atoms. The summed E-state index contributed by atoms with van der Waals surface area (Å²) in [5.41, 5.74) is 1.84. The van der Waals surface area contributed by atoms with Gasteiger partial charge in [0.2, 0.25) is 0 Å². The highest BCUT2D eigenvalue weighted by Crippen LogP contribution is 2.34. The molecule has 0 amide bonds. The van der Waals surface area contributed by atoms with Gasteiger partial charge in [0.25, 0.3) is 0 Å². The zero-order valence-electron chi connectivity index (χ0n) is 10.8. The monoisotopic (exact) mass is 289 g/mol. The van der Waals surface area contributed by atoms with Crippen LogP contribution in [-0.2, 0) is 17.8 Å². The van der Waals surface area contributed by atoms with Crippen LogP contribution in [-0.4, -0.2) is 27.6 Å². The predicted molar refractivity (Wildman–Crippen MR) is 76.9 cm³/mol. The van der Waals surface area contributed by atoms with Gasteiger partial charge in [-0.15, -0.1) is 11.3 Å². The summed E-state index contributed by atoms with van der Waals surface area (Å²) in [6.07, 6.45) is 0.885. The molecule has 5 heteroatoms. The van der Waals surface area contributed by atoms with Gasteiger partial charge in [-0.1, -0.05) is 12.1 Å². The van der Waals surface area contributed by atoms with Crippen molar-refractivity contribution in [2.45, 2.75) is 19.0 Å². The molecule has 2 heterocycles. The van der Waals surface area contributed by atoms with Crippen molar-refractivity contribution < 1.29 is 15.0 Å². The van der Waals surface area contributed by atoms with E-state index in [-0.39, 0.29) is 5.75 Å². The van der Waals surface area contributed by atoms with Crippen molar-refractivity contribution in [2.75, 3.05) is 6.54 Å². The minimum absolute atomic E-state index is 0.211. The van der Waals surface area contributed by atoms with Crippen LogP contribution >= 0.6 is 11.3 Å². The first kappa shape index (κ1) is 13.1. The SMILES string of the molecule is O=C(O)C1c2ccsc2CCN1Cc1cccc(O)c1. The number of thiophene rings is 1. The molecule has 0 saturated carbocycles. The third kappa shape index (κ3) is 2.42. The number of phenolic OH excluding ortho intramolecular Hbond substituents is 1. The van der Waals surface area contributed by atoms with E-state index in [0.717, 1.165) is 24.1 Å². The Balaban J connectivity index is 1.88. The van der Waals surface area contributed by atoms with E-state index in [2.05, 4.69) is 0 Å². The third-order valence-electron chi connectivity index (χ3n) is 3.60. The number of aliphatic carboxylic acids is 1. The minimum atomic E-state index is -0.815. The van der Waals surface area contributed by atoms with Crippen molar-refractivity contribution in [1.82, 2.24) is 4.90 Å². The van der Waals surface area contributed by atoms with Crippen LogP contribution < -0.4 is 0 Å². The second kappa shape index (κ2) is 5.26. The van der Waals surface area contributed by atoms with E-state index in [9.17, 15) is 15.0 Å². The molecule has 2 aromatic rings. The molecule has 4 nitrogen and oxygen atoms in total. The number of nitrogens with zero attached hydrogens (tertiary/aromatic N) is 1. The van der Waals surface area contributed by atoms with Gasteiger partial charge < -0.3 is 10.2 Å². The summed E-state index contributed by atoms with van der Waals surface area (Å²) in [7, 11) is 0. The molecule has 104 valence electrons. The molecular formula is C15H15NO3S. The summed E-state index contributed by atoms with van der Waals surface area (Å²) in [6, 6.07) is 8.30. The van der Waals surface area contributed by atoms with Crippen LogP contribution in [0.5, 0.6) is 5.75 Å². The number of fused-ring (bicyclic) bond motifs is 1. The van der Waals surface area contributed by atoms with Gasteiger partial charge in [0, 0.05) is 18.0 Å². The summed E-state index contributed by atoms with van der Waals surface area (Å²) in [4.78, 5) is 14.7. The number of aromatic hydroxyl groups is 1. The molecule has 1 unspecified atom stereocenters. The van der Waals surface area contributed by atoms with Crippen molar-refractivity contribution >= 4 is 17.3 Å². The van der Waals surface area contributed by atoms with Gasteiger partial charge in [-0.2, -0.15) is 0 Å². The average molecular weight is 289 g/mol. The number of hydrogen-bond donors (Lipinski definition) is 2. The Hall–Kier alpha value is -1.85. The van der Waals surface area contributed by atoms with Gasteiger partial charge in [-0.3, -0.25) is 9.69 Å². The molecule has 0 saturated heterocycles. The maximum Gasteiger partial charge on any atom is 0.325 e. The van der Waals surface area contributed by atoms with Gasteiger partial charge in [0.15, 0.2) is 0 Å². The number of phenols is 1. The standard InChI is InChI=1S/C15H15NO3S/c17-11-3-1-2-10(8-11)9-16-6-4-13-12(5-7-20-13)14(16)15(18)19/h1-3,5,7-8,14,17H,4,6,9H2,(H,18,19). The van der Waals surface area contributed by atoms with Crippen LogP contribution in [0.25, 0.3) is 0 Å². The first-order valence-electron chi connectivity index (χ1n) is 6.46. The molecular weight excluding hydrogens is 274 g/mol. The van der Waals surface area contributed by atoms with Crippen LogP contribution in [0.2, 0.25) is 0 Å². The lowest BCUT2D eigenvalue weighted by molar-refractivity contribution is -0.144. The van der Waals surface area contributed by atoms with E-state index in [0.29, 0.717) is 6.54 Å². The van der Waals surface area contributed by atoms with Gasteiger partial charge in [-0.25, -0.2) is 0 Å².